The van der Waals surface area contributed by atoms with Gasteiger partial charge in [-0.3, -0.25) is 4.90 Å². The van der Waals surface area contributed by atoms with E-state index in [2.05, 4.69) is 52.5 Å². The fourth-order valence-corrected chi connectivity index (χ4v) is 2.24. The highest BCUT2D eigenvalue weighted by atomic mass is 16.3. The number of rotatable bonds is 5. The van der Waals surface area contributed by atoms with Crippen LogP contribution in [0.5, 0.6) is 5.75 Å². The van der Waals surface area contributed by atoms with Crippen LogP contribution in [0.15, 0.2) is 18.2 Å². The number of hydrogen-bond donors (Lipinski definition) is 1. The Balaban J connectivity index is 2.93. The fraction of sp³-hybridized carbons (Fsp3) is 0.647. The highest BCUT2D eigenvalue weighted by Gasteiger charge is 2.16. The first-order valence-corrected chi connectivity index (χ1v) is 7.28. The van der Waals surface area contributed by atoms with Crippen molar-refractivity contribution in [1.82, 2.24) is 4.90 Å². The van der Waals surface area contributed by atoms with Gasteiger partial charge in [0.05, 0.1) is 0 Å². The molecule has 19 heavy (non-hydrogen) atoms. The minimum absolute atomic E-state index is 0.123. The van der Waals surface area contributed by atoms with Gasteiger partial charge in [-0.05, 0) is 29.5 Å². The van der Waals surface area contributed by atoms with Crippen LogP contribution < -0.4 is 0 Å². The highest BCUT2D eigenvalue weighted by molar-refractivity contribution is 5.38. The number of phenolic OH excluding ortho intramolecular Hbond substituents is 1. The van der Waals surface area contributed by atoms with Gasteiger partial charge in [-0.1, -0.05) is 53.7 Å². The highest BCUT2D eigenvalue weighted by Crippen LogP contribution is 2.28. The average molecular weight is 263 g/mol. The van der Waals surface area contributed by atoms with Gasteiger partial charge in [-0.15, -0.1) is 0 Å². The van der Waals surface area contributed by atoms with Crippen LogP contribution in [0.4, 0.5) is 0 Å². The summed E-state index contributed by atoms with van der Waals surface area (Å²) in [6.07, 6.45) is 0. The molecule has 0 amide bonds. The third-order valence-corrected chi connectivity index (χ3v) is 3.41. The Bertz CT molecular complexity index is 404. The molecule has 0 spiro atoms. The zero-order valence-corrected chi connectivity index (χ0v) is 13.3. The standard InChI is InChI=1S/C17H29NO/c1-7-18(11-13(2)3)12-14-10-15(17(4,5)6)8-9-16(14)19/h8-10,13,19H,7,11-12H2,1-6H3. The maximum atomic E-state index is 10.1. The molecule has 0 bridgehead atoms. The lowest BCUT2D eigenvalue weighted by atomic mass is 9.86. The molecule has 1 aromatic rings. The molecule has 0 atom stereocenters. The molecule has 0 saturated carbocycles. The van der Waals surface area contributed by atoms with E-state index in [0.29, 0.717) is 11.7 Å². The van der Waals surface area contributed by atoms with Crippen LogP contribution in [0.1, 0.15) is 52.7 Å². The molecule has 0 saturated heterocycles. The lowest BCUT2D eigenvalue weighted by Crippen LogP contribution is -2.27. The number of phenols is 1. The van der Waals surface area contributed by atoms with Crippen molar-refractivity contribution in [2.75, 3.05) is 13.1 Å². The normalized spacial score (nSPS) is 12.4. The van der Waals surface area contributed by atoms with Crippen molar-refractivity contribution in [3.63, 3.8) is 0 Å². The van der Waals surface area contributed by atoms with E-state index < -0.39 is 0 Å². The van der Waals surface area contributed by atoms with Gasteiger partial charge in [0.25, 0.3) is 0 Å². The van der Waals surface area contributed by atoms with E-state index in [1.54, 1.807) is 0 Å². The van der Waals surface area contributed by atoms with Crippen molar-refractivity contribution in [1.29, 1.82) is 0 Å². The number of nitrogens with zero attached hydrogens (tertiary/aromatic N) is 1. The average Bonchev–Trinajstić information content (AvgIpc) is 2.28. The smallest absolute Gasteiger partial charge is 0.120 e. The van der Waals surface area contributed by atoms with Gasteiger partial charge in [0, 0.05) is 18.7 Å². The van der Waals surface area contributed by atoms with E-state index in [4.69, 9.17) is 0 Å². The molecule has 108 valence electrons. The van der Waals surface area contributed by atoms with Gasteiger partial charge in [-0.25, -0.2) is 0 Å². The first kappa shape index (κ1) is 16.0. The zero-order valence-electron chi connectivity index (χ0n) is 13.3. The topological polar surface area (TPSA) is 23.5 Å². The minimum atomic E-state index is 0.123. The van der Waals surface area contributed by atoms with Gasteiger partial charge in [0.2, 0.25) is 0 Å². The SMILES string of the molecule is CCN(Cc1cc(C(C)(C)C)ccc1O)CC(C)C. The molecule has 1 N–H and O–H groups in total. The molecule has 2 heteroatoms. The summed E-state index contributed by atoms with van der Waals surface area (Å²) < 4.78 is 0. The lowest BCUT2D eigenvalue weighted by Gasteiger charge is -2.25. The third kappa shape index (κ3) is 4.87. The largest absolute Gasteiger partial charge is 0.508 e. The van der Waals surface area contributed by atoms with Crippen molar-refractivity contribution in [3.8, 4) is 5.75 Å². The fourth-order valence-electron chi connectivity index (χ4n) is 2.24. The van der Waals surface area contributed by atoms with Crippen LogP contribution >= 0.6 is 0 Å². The zero-order chi connectivity index (χ0) is 14.6. The molecule has 0 aliphatic carbocycles. The van der Waals surface area contributed by atoms with Crippen molar-refractivity contribution in [2.24, 2.45) is 5.92 Å². The van der Waals surface area contributed by atoms with Gasteiger partial charge in [0.1, 0.15) is 5.75 Å². The summed E-state index contributed by atoms with van der Waals surface area (Å²) in [6, 6.07) is 6.01. The van der Waals surface area contributed by atoms with Gasteiger partial charge >= 0.3 is 0 Å². The number of aromatic hydroxyl groups is 1. The Morgan fingerprint density at radius 1 is 1.21 bits per heavy atom. The summed E-state index contributed by atoms with van der Waals surface area (Å²) in [6.45, 7) is 16.1. The van der Waals surface area contributed by atoms with Crippen LogP contribution in [0.25, 0.3) is 0 Å². The van der Waals surface area contributed by atoms with Crippen LogP contribution in [-0.4, -0.2) is 23.1 Å². The molecule has 1 rings (SSSR count). The van der Waals surface area contributed by atoms with Crippen molar-refractivity contribution >= 4 is 0 Å². The van der Waals surface area contributed by atoms with Gasteiger partial charge in [-0.2, -0.15) is 0 Å². The maximum Gasteiger partial charge on any atom is 0.120 e. The third-order valence-electron chi connectivity index (χ3n) is 3.41. The summed E-state index contributed by atoms with van der Waals surface area (Å²) in [5.74, 6) is 1.06. The van der Waals surface area contributed by atoms with Gasteiger partial charge in [0.15, 0.2) is 0 Å². The summed E-state index contributed by atoms with van der Waals surface area (Å²) in [5, 5.41) is 10.1. The van der Waals surface area contributed by atoms with E-state index in [0.717, 1.165) is 25.2 Å². The Morgan fingerprint density at radius 3 is 2.32 bits per heavy atom. The number of hydrogen-bond acceptors (Lipinski definition) is 2. The minimum Gasteiger partial charge on any atom is -0.508 e. The van der Waals surface area contributed by atoms with E-state index in [-0.39, 0.29) is 5.41 Å². The van der Waals surface area contributed by atoms with E-state index >= 15 is 0 Å². The van der Waals surface area contributed by atoms with Crippen LogP contribution in [0.3, 0.4) is 0 Å². The second-order valence-electron chi connectivity index (χ2n) is 6.82. The van der Waals surface area contributed by atoms with Crippen LogP contribution in [0.2, 0.25) is 0 Å². The summed E-state index contributed by atoms with van der Waals surface area (Å²) in [7, 11) is 0. The summed E-state index contributed by atoms with van der Waals surface area (Å²) in [4.78, 5) is 2.38. The molecule has 1 aromatic carbocycles. The Labute approximate surface area is 118 Å². The predicted octanol–water partition coefficient (Wildman–Crippen LogP) is 4.17. The quantitative estimate of drug-likeness (QED) is 0.862. The molecular weight excluding hydrogens is 234 g/mol. The van der Waals surface area contributed by atoms with E-state index in [9.17, 15) is 5.11 Å². The molecule has 0 aliphatic heterocycles. The second-order valence-corrected chi connectivity index (χ2v) is 6.82. The summed E-state index contributed by atoms with van der Waals surface area (Å²) >= 11 is 0. The van der Waals surface area contributed by atoms with E-state index in [1.807, 2.05) is 12.1 Å². The molecule has 0 aliphatic rings. The second kappa shape index (κ2) is 6.42. The van der Waals surface area contributed by atoms with Crippen molar-refractivity contribution < 1.29 is 5.11 Å². The predicted molar refractivity (Wildman–Crippen MR) is 82.6 cm³/mol. The van der Waals surface area contributed by atoms with Crippen molar-refractivity contribution in [3.05, 3.63) is 29.3 Å². The monoisotopic (exact) mass is 263 g/mol. The molecular formula is C17H29NO. The Hall–Kier alpha value is -1.02. The maximum absolute atomic E-state index is 10.1. The lowest BCUT2D eigenvalue weighted by molar-refractivity contribution is 0.245. The number of benzene rings is 1. The van der Waals surface area contributed by atoms with Crippen molar-refractivity contribution in [2.45, 2.75) is 53.5 Å². The molecule has 0 radical (unpaired) electrons. The first-order chi connectivity index (χ1) is 8.74. The Kier molecular flexibility index (Phi) is 5.42. The molecule has 0 unspecified atom stereocenters. The van der Waals surface area contributed by atoms with Crippen LogP contribution in [0, 0.1) is 5.92 Å². The summed E-state index contributed by atoms with van der Waals surface area (Å²) in [5.41, 5.74) is 2.44. The Morgan fingerprint density at radius 2 is 1.84 bits per heavy atom. The van der Waals surface area contributed by atoms with Crippen LogP contribution in [-0.2, 0) is 12.0 Å². The first-order valence-electron chi connectivity index (χ1n) is 7.28. The molecule has 0 fully saturated rings. The van der Waals surface area contributed by atoms with Gasteiger partial charge < -0.3 is 5.11 Å². The molecule has 2 nitrogen and oxygen atoms in total. The van der Waals surface area contributed by atoms with E-state index in [1.165, 1.54) is 5.56 Å². The molecule has 0 aromatic heterocycles. The molecule has 0 heterocycles.